The number of alkyl halides is 1. The molecule has 1 heterocycles. The van der Waals surface area contributed by atoms with Crippen LogP contribution in [-0.4, -0.2) is 36.2 Å². The number of Topliss-reactive ketones (excluding diaryl/α,β-unsaturated/α-hetero) is 1. The van der Waals surface area contributed by atoms with E-state index in [4.69, 9.17) is 11.6 Å². The van der Waals surface area contributed by atoms with Crippen molar-refractivity contribution in [2.75, 3.05) is 25.5 Å². The molecule has 0 aliphatic carbocycles. The van der Waals surface area contributed by atoms with Crippen molar-refractivity contribution in [2.24, 2.45) is 0 Å². The van der Waals surface area contributed by atoms with Gasteiger partial charge in [0.25, 0.3) is 0 Å². The Morgan fingerprint density at radius 1 is 1.25 bits per heavy atom. The lowest BCUT2D eigenvalue weighted by Crippen LogP contribution is -2.35. The van der Waals surface area contributed by atoms with Gasteiger partial charge in [0.2, 0.25) is 0 Å². The van der Waals surface area contributed by atoms with E-state index in [1.165, 1.54) is 22.3 Å². The van der Waals surface area contributed by atoms with Gasteiger partial charge in [0, 0.05) is 38.4 Å². The van der Waals surface area contributed by atoms with E-state index < -0.39 is 0 Å². The second-order valence-electron chi connectivity index (χ2n) is 5.61. The average molecular weight is 296 g/mol. The zero-order valence-electron chi connectivity index (χ0n) is 13.1. The maximum absolute atomic E-state index is 11.3. The van der Waals surface area contributed by atoms with Crippen LogP contribution in [0, 0.1) is 0 Å². The highest BCUT2D eigenvalue weighted by Gasteiger charge is 2.17. The summed E-state index contributed by atoms with van der Waals surface area (Å²) in [7, 11) is 0. The summed E-state index contributed by atoms with van der Waals surface area (Å²) in [6, 6.07) is 0. The van der Waals surface area contributed by atoms with Gasteiger partial charge in [-0.25, -0.2) is 0 Å². The summed E-state index contributed by atoms with van der Waals surface area (Å²) in [6.45, 7) is 11.1. The summed E-state index contributed by atoms with van der Waals surface area (Å²) < 4.78 is 0. The molecule has 0 N–H and O–H groups in total. The van der Waals surface area contributed by atoms with E-state index >= 15 is 0 Å². The van der Waals surface area contributed by atoms with Crippen molar-refractivity contribution in [3.05, 3.63) is 34.4 Å². The lowest BCUT2D eigenvalue weighted by Gasteiger charge is -2.27. The first kappa shape index (κ1) is 17.2. The Kier molecular flexibility index (Phi) is 7.25. The van der Waals surface area contributed by atoms with Gasteiger partial charge >= 0.3 is 0 Å². The van der Waals surface area contributed by atoms with Crippen LogP contribution >= 0.6 is 11.6 Å². The van der Waals surface area contributed by atoms with Gasteiger partial charge < -0.3 is 0 Å². The molecule has 0 aromatic carbocycles. The van der Waals surface area contributed by atoms with E-state index in [0.29, 0.717) is 24.5 Å². The van der Waals surface area contributed by atoms with Gasteiger partial charge in [-0.15, -0.1) is 11.6 Å². The highest BCUT2D eigenvalue weighted by molar-refractivity contribution is 6.19. The Bertz CT molecular complexity index is 432. The van der Waals surface area contributed by atoms with Crippen LogP contribution in [0.15, 0.2) is 34.4 Å². The van der Waals surface area contributed by atoms with E-state index in [-0.39, 0.29) is 0 Å². The molecule has 0 aromatic heterocycles. The molecule has 3 heteroatoms. The van der Waals surface area contributed by atoms with Crippen molar-refractivity contribution in [1.29, 1.82) is 0 Å². The third kappa shape index (κ3) is 5.26. The molecular weight excluding hydrogens is 270 g/mol. The molecule has 1 aliphatic heterocycles. The van der Waals surface area contributed by atoms with Crippen LogP contribution in [0.5, 0.6) is 0 Å². The number of carbonyl (C=O) groups excluding carboxylic acids is 1. The minimum absolute atomic E-state index is 0.393. The molecule has 112 valence electrons. The Hall–Kier alpha value is -0.860. The summed E-state index contributed by atoms with van der Waals surface area (Å²) in [5.74, 6) is 0.944. The summed E-state index contributed by atoms with van der Waals surface area (Å²) in [6.07, 6.45) is 5.74. The van der Waals surface area contributed by atoms with E-state index in [1.54, 1.807) is 0 Å². The molecule has 1 rings (SSSR count). The number of allylic oxidation sites excluding steroid dienone is 4. The van der Waals surface area contributed by atoms with Gasteiger partial charge in [-0.05, 0) is 44.4 Å². The fourth-order valence-corrected chi connectivity index (χ4v) is 2.66. The Labute approximate surface area is 128 Å². The molecule has 0 spiro atoms. The number of piperidine rings is 1. The number of hydrogen-bond donors (Lipinski definition) is 0. The number of likely N-dealkylation sites (tertiary alicyclic amines) is 1. The van der Waals surface area contributed by atoms with Crippen LogP contribution in [0.2, 0.25) is 0 Å². The van der Waals surface area contributed by atoms with Crippen LogP contribution in [0.1, 0.15) is 40.5 Å². The molecule has 2 nitrogen and oxygen atoms in total. The molecule has 0 bridgehead atoms. The molecule has 0 aromatic rings. The van der Waals surface area contributed by atoms with Crippen molar-refractivity contribution in [2.45, 2.75) is 40.5 Å². The third-order valence-electron chi connectivity index (χ3n) is 3.84. The summed E-state index contributed by atoms with van der Waals surface area (Å²) >= 11 is 5.99. The molecule has 20 heavy (non-hydrogen) atoms. The first-order valence-corrected chi connectivity index (χ1v) is 7.81. The zero-order chi connectivity index (χ0) is 15.1. The topological polar surface area (TPSA) is 20.3 Å². The minimum Gasteiger partial charge on any atom is -0.300 e. The molecule has 0 radical (unpaired) electrons. The van der Waals surface area contributed by atoms with Gasteiger partial charge in [-0.2, -0.15) is 0 Å². The fraction of sp³-hybridized carbons (Fsp3) is 0.588. The van der Waals surface area contributed by atoms with Gasteiger partial charge in [0.05, 0.1) is 0 Å². The summed E-state index contributed by atoms with van der Waals surface area (Å²) in [5, 5.41) is 0. The standard InChI is InChI=1S/C17H26ClNO/c1-5-15(12-19-8-6-17(20)7-9-19)14(4)10-16(11-18)13(2)3/h5,10H,6-9,11-12H2,1-4H3/b14-10-,15-5-. The van der Waals surface area contributed by atoms with Gasteiger partial charge in [-0.1, -0.05) is 17.7 Å². The van der Waals surface area contributed by atoms with Crippen molar-refractivity contribution in [3.63, 3.8) is 0 Å². The van der Waals surface area contributed by atoms with E-state index in [9.17, 15) is 4.79 Å². The van der Waals surface area contributed by atoms with Crippen molar-refractivity contribution < 1.29 is 4.79 Å². The third-order valence-corrected chi connectivity index (χ3v) is 4.13. The van der Waals surface area contributed by atoms with Crippen molar-refractivity contribution >= 4 is 17.4 Å². The monoisotopic (exact) mass is 295 g/mol. The van der Waals surface area contributed by atoms with Gasteiger partial charge in [0.1, 0.15) is 5.78 Å². The lowest BCUT2D eigenvalue weighted by atomic mass is 10.0. The van der Waals surface area contributed by atoms with Crippen LogP contribution in [0.25, 0.3) is 0 Å². The van der Waals surface area contributed by atoms with Crippen LogP contribution in [0.4, 0.5) is 0 Å². The first-order valence-electron chi connectivity index (χ1n) is 7.28. The molecule has 1 fully saturated rings. The minimum atomic E-state index is 0.393. The number of carbonyl (C=O) groups is 1. The Balaban J connectivity index is 2.74. The Morgan fingerprint density at radius 2 is 1.85 bits per heavy atom. The maximum atomic E-state index is 11.3. The second-order valence-corrected chi connectivity index (χ2v) is 5.88. The predicted molar refractivity (Wildman–Crippen MR) is 87.3 cm³/mol. The number of nitrogens with zero attached hydrogens (tertiary/aromatic N) is 1. The number of halogens is 1. The molecular formula is C17H26ClNO. The zero-order valence-corrected chi connectivity index (χ0v) is 13.9. The molecule has 0 atom stereocenters. The highest BCUT2D eigenvalue weighted by Crippen LogP contribution is 2.18. The van der Waals surface area contributed by atoms with Gasteiger partial charge in [0.15, 0.2) is 0 Å². The SMILES string of the molecule is C/C=C(CN1CCC(=O)CC1)\C(C)=C/C(CCl)=C(C)C. The molecule has 0 unspecified atom stereocenters. The quantitative estimate of drug-likeness (QED) is 0.562. The average Bonchev–Trinajstić information content (AvgIpc) is 2.43. The van der Waals surface area contributed by atoms with Crippen LogP contribution < -0.4 is 0 Å². The molecule has 0 saturated carbocycles. The maximum Gasteiger partial charge on any atom is 0.135 e. The number of rotatable bonds is 5. The Morgan fingerprint density at radius 3 is 2.30 bits per heavy atom. The smallest absolute Gasteiger partial charge is 0.135 e. The van der Waals surface area contributed by atoms with E-state index in [1.807, 2.05) is 0 Å². The molecule has 1 saturated heterocycles. The first-order chi connectivity index (χ1) is 9.47. The second kappa shape index (κ2) is 8.43. The largest absolute Gasteiger partial charge is 0.300 e. The molecule has 1 aliphatic rings. The lowest BCUT2D eigenvalue weighted by molar-refractivity contribution is -0.121. The highest BCUT2D eigenvalue weighted by atomic mass is 35.5. The van der Waals surface area contributed by atoms with E-state index in [0.717, 1.165) is 19.6 Å². The molecule has 0 amide bonds. The summed E-state index contributed by atoms with van der Waals surface area (Å²) in [4.78, 5) is 13.6. The fourth-order valence-electron chi connectivity index (χ4n) is 2.32. The van der Waals surface area contributed by atoms with Crippen molar-refractivity contribution in [1.82, 2.24) is 4.90 Å². The summed E-state index contributed by atoms with van der Waals surface area (Å²) in [5.41, 5.74) is 5.04. The van der Waals surface area contributed by atoms with Crippen LogP contribution in [-0.2, 0) is 4.79 Å². The van der Waals surface area contributed by atoms with Crippen molar-refractivity contribution in [3.8, 4) is 0 Å². The van der Waals surface area contributed by atoms with Gasteiger partial charge in [-0.3, -0.25) is 9.69 Å². The number of hydrogen-bond acceptors (Lipinski definition) is 2. The normalized spacial score (nSPS) is 18.4. The van der Waals surface area contributed by atoms with E-state index in [2.05, 4.69) is 44.7 Å². The predicted octanol–water partition coefficient (Wildman–Crippen LogP) is 4.12. The van der Waals surface area contributed by atoms with Crippen LogP contribution in [0.3, 0.4) is 0 Å². The number of ketones is 1.